The van der Waals surface area contributed by atoms with Crippen LogP contribution in [0.2, 0.25) is 0 Å². The maximum Gasteiger partial charge on any atom is 0.235 e. The predicted molar refractivity (Wildman–Crippen MR) is 91.9 cm³/mol. The van der Waals surface area contributed by atoms with Crippen LogP contribution >= 0.6 is 0 Å². The number of nitrogens with zero attached hydrogens (tertiary/aromatic N) is 3. The molecule has 26 heavy (non-hydrogen) atoms. The fraction of sp³-hybridized carbons (Fsp3) is 0.211. The monoisotopic (exact) mass is 354 g/mol. The standard InChI is InChI=1S/C19H16F2N4O/c20-14-4-2-13(3-5-14)19(8-1-9-19)18(26)24-15-6-7-17(16(21)10-15)25-12-22-11-23-25/h2-7,10-12H,1,8-9H2,(H,24,26). The second kappa shape index (κ2) is 6.33. The quantitative estimate of drug-likeness (QED) is 0.779. The zero-order valence-electron chi connectivity index (χ0n) is 13.8. The van der Waals surface area contributed by atoms with Crippen molar-refractivity contribution in [3.8, 4) is 5.69 Å². The lowest BCUT2D eigenvalue weighted by atomic mass is 9.64. The van der Waals surface area contributed by atoms with Crippen molar-refractivity contribution in [1.29, 1.82) is 0 Å². The van der Waals surface area contributed by atoms with Crippen LogP contribution in [0.4, 0.5) is 14.5 Å². The van der Waals surface area contributed by atoms with Gasteiger partial charge in [-0.2, -0.15) is 5.10 Å². The molecule has 1 aliphatic carbocycles. The smallest absolute Gasteiger partial charge is 0.235 e. The van der Waals surface area contributed by atoms with E-state index in [0.29, 0.717) is 18.5 Å². The predicted octanol–water partition coefficient (Wildman–Crippen LogP) is 3.61. The van der Waals surface area contributed by atoms with Crippen LogP contribution in [-0.2, 0) is 10.2 Å². The van der Waals surface area contributed by atoms with E-state index in [0.717, 1.165) is 12.0 Å². The highest BCUT2D eigenvalue weighted by atomic mass is 19.1. The minimum atomic E-state index is -0.686. The lowest BCUT2D eigenvalue weighted by Gasteiger charge is -2.40. The molecule has 132 valence electrons. The summed E-state index contributed by atoms with van der Waals surface area (Å²) in [4.78, 5) is 16.7. The van der Waals surface area contributed by atoms with Gasteiger partial charge in [0.05, 0.1) is 5.41 Å². The molecule has 1 saturated carbocycles. The first-order chi connectivity index (χ1) is 12.6. The third-order valence-corrected chi connectivity index (χ3v) is 4.91. The molecule has 1 fully saturated rings. The second-order valence-corrected chi connectivity index (χ2v) is 6.40. The topological polar surface area (TPSA) is 59.8 Å². The highest BCUT2D eigenvalue weighted by Crippen LogP contribution is 2.44. The molecular weight excluding hydrogens is 338 g/mol. The minimum absolute atomic E-state index is 0.205. The van der Waals surface area contributed by atoms with Gasteiger partial charge < -0.3 is 5.32 Å². The largest absolute Gasteiger partial charge is 0.325 e. The summed E-state index contributed by atoms with van der Waals surface area (Å²) >= 11 is 0. The van der Waals surface area contributed by atoms with Gasteiger partial charge in [-0.25, -0.2) is 18.4 Å². The van der Waals surface area contributed by atoms with Crippen molar-refractivity contribution in [3.63, 3.8) is 0 Å². The van der Waals surface area contributed by atoms with Crippen LogP contribution in [0.3, 0.4) is 0 Å². The fourth-order valence-electron chi connectivity index (χ4n) is 3.30. The number of carbonyl (C=O) groups excluding carboxylic acids is 1. The van der Waals surface area contributed by atoms with E-state index in [1.54, 1.807) is 18.2 Å². The van der Waals surface area contributed by atoms with Crippen molar-refractivity contribution in [3.05, 3.63) is 72.3 Å². The number of carbonyl (C=O) groups is 1. The van der Waals surface area contributed by atoms with Crippen molar-refractivity contribution in [2.45, 2.75) is 24.7 Å². The number of amides is 1. The maximum atomic E-state index is 14.3. The molecule has 7 heteroatoms. The highest BCUT2D eigenvalue weighted by molar-refractivity contribution is 6.00. The SMILES string of the molecule is O=C(Nc1ccc(-n2cncn2)c(F)c1)C1(c2ccc(F)cc2)CCC1. The molecule has 0 spiro atoms. The number of rotatable bonds is 4. The molecule has 1 N–H and O–H groups in total. The molecule has 0 radical (unpaired) electrons. The van der Waals surface area contributed by atoms with Crippen molar-refractivity contribution in [2.24, 2.45) is 0 Å². The zero-order chi connectivity index (χ0) is 18.1. The lowest BCUT2D eigenvalue weighted by Crippen LogP contribution is -2.46. The van der Waals surface area contributed by atoms with Gasteiger partial charge in [0.15, 0.2) is 5.82 Å². The first-order valence-electron chi connectivity index (χ1n) is 8.30. The number of aromatic nitrogens is 3. The first kappa shape index (κ1) is 16.4. The summed E-state index contributed by atoms with van der Waals surface area (Å²) in [6.45, 7) is 0. The summed E-state index contributed by atoms with van der Waals surface area (Å²) in [6.07, 6.45) is 5.01. The number of anilines is 1. The summed E-state index contributed by atoms with van der Waals surface area (Å²) in [5.74, 6) is -1.06. The summed E-state index contributed by atoms with van der Waals surface area (Å²) < 4.78 is 28.8. The summed E-state index contributed by atoms with van der Waals surface area (Å²) in [5.41, 5.74) is 0.707. The van der Waals surface area contributed by atoms with Crippen LogP contribution in [-0.4, -0.2) is 20.7 Å². The molecule has 3 aromatic rings. The van der Waals surface area contributed by atoms with Gasteiger partial charge in [-0.1, -0.05) is 18.6 Å². The third-order valence-electron chi connectivity index (χ3n) is 4.91. The second-order valence-electron chi connectivity index (χ2n) is 6.40. The van der Waals surface area contributed by atoms with Gasteiger partial charge in [-0.05, 0) is 48.7 Å². The molecule has 0 atom stereocenters. The zero-order valence-corrected chi connectivity index (χ0v) is 13.8. The van der Waals surface area contributed by atoms with Crippen molar-refractivity contribution >= 4 is 11.6 Å². The Labute approximate surface area is 148 Å². The Morgan fingerprint density at radius 3 is 2.46 bits per heavy atom. The van der Waals surface area contributed by atoms with Crippen LogP contribution < -0.4 is 5.32 Å². The molecule has 0 bridgehead atoms. The van der Waals surface area contributed by atoms with E-state index in [9.17, 15) is 13.6 Å². The van der Waals surface area contributed by atoms with Gasteiger partial charge in [-0.15, -0.1) is 0 Å². The minimum Gasteiger partial charge on any atom is -0.325 e. The molecule has 1 heterocycles. The van der Waals surface area contributed by atoms with E-state index in [2.05, 4.69) is 15.4 Å². The van der Waals surface area contributed by atoms with E-state index >= 15 is 0 Å². The average Bonchev–Trinajstić information content (AvgIpc) is 3.10. The van der Waals surface area contributed by atoms with E-state index in [1.165, 1.54) is 41.6 Å². The van der Waals surface area contributed by atoms with Gasteiger partial charge in [0.25, 0.3) is 0 Å². The molecule has 1 aromatic heterocycles. The number of hydrogen-bond donors (Lipinski definition) is 1. The Morgan fingerprint density at radius 1 is 1.12 bits per heavy atom. The first-order valence-corrected chi connectivity index (χ1v) is 8.30. The molecule has 1 aliphatic rings. The Bertz CT molecular complexity index is 935. The van der Waals surface area contributed by atoms with Crippen LogP contribution in [0, 0.1) is 11.6 Å². The Kier molecular flexibility index (Phi) is 3.99. The van der Waals surface area contributed by atoms with E-state index in [4.69, 9.17) is 0 Å². The molecule has 1 amide bonds. The summed E-state index contributed by atoms with van der Waals surface area (Å²) in [5, 5.41) is 6.69. The van der Waals surface area contributed by atoms with E-state index in [-0.39, 0.29) is 17.4 Å². The number of hydrogen-bond acceptors (Lipinski definition) is 3. The molecule has 2 aromatic carbocycles. The lowest BCUT2D eigenvalue weighted by molar-refractivity contribution is -0.124. The van der Waals surface area contributed by atoms with Crippen molar-refractivity contribution < 1.29 is 13.6 Å². The molecule has 5 nitrogen and oxygen atoms in total. The van der Waals surface area contributed by atoms with Crippen molar-refractivity contribution in [1.82, 2.24) is 14.8 Å². The van der Waals surface area contributed by atoms with Gasteiger partial charge in [-0.3, -0.25) is 4.79 Å². The summed E-state index contributed by atoms with van der Waals surface area (Å²) in [6, 6.07) is 10.4. The van der Waals surface area contributed by atoms with Gasteiger partial charge in [0, 0.05) is 5.69 Å². The van der Waals surface area contributed by atoms with E-state index in [1.807, 2.05) is 0 Å². The Morgan fingerprint density at radius 2 is 1.88 bits per heavy atom. The number of nitrogens with one attached hydrogen (secondary N) is 1. The fourth-order valence-corrected chi connectivity index (χ4v) is 3.30. The Hall–Kier alpha value is -3.09. The van der Waals surface area contributed by atoms with Gasteiger partial charge in [0.1, 0.15) is 24.2 Å². The van der Waals surface area contributed by atoms with Crippen LogP contribution in [0.15, 0.2) is 55.1 Å². The number of halogens is 2. The molecule has 4 rings (SSSR count). The Balaban J connectivity index is 1.57. The van der Waals surface area contributed by atoms with Crippen molar-refractivity contribution in [2.75, 3.05) is 5.32 Å². The summed E-state index contributed by atoms with van der Waals surface area (Å²) in [7, 11) is 0. The van der Waals surface area contributed by atoms with Crippen LogP contribution in [0.25, 0.3) is 5.69 Å². The normalized spacial score (nSPS) is 15.3. The molecule has 0 unspecified atom stereocenters. The van der Waals surface area contributed by atoms with E-state index < -0.39 is 11.2 Å². The highest BCUT2D eigenvalue weighted by Gasteiger charge is 2.45. The van der Waals surface area contributed by atoms with Gasteiger partial charge >= 0.3 is 0 Å². The number of benzene rings is 2. The third kappa shape index (κ3) is 2.75. The van der Waals surface area contributed by atoms with Crippen LogP contribution in [0.1, 0.15) is 24.8 Å². The molecule has 0 aliphatic heterocycles. The maximum absolute atomic E-state index is 14.3. The average molecular weight is 354 g/mol. The molecular formula is C19H16F2N4O. The van der Waals surface area contributed by atoms with Crippen LogP contribution in [0.5, 0.6) is 0 Å². The molecule has 0 saturated heterocycles. The van der Waals surface area contributed by atoms with Gasteiger partial charge in [0.2, 0.25) is 5.91 Å².